The maximum absolute atomic E-state index is 5.97. The molecule has 1 heterocycles. The molecule has 3 nitrogen and oxygen atoms in total. The maximum Gasteiger partial charge on any atom is 0.128 e. The second kappa shape index (κ2) is 8.38. The molecule has 18 heavy (non-hydrogen) atoms. The van der Waals surface area contributed by atoms with Gasteiger partial charge in [0.2, 0.25) is 0 Å². The summed E-state index contributed by atoms with van der Waals surface area (Å²) >= 11 is 1.99. The van der Waals surface area contributed by atoms with Crippen molar-refractivity contribution in [2.24, 2.45) is 0 Å². The second-order valence-electron chi connectivity index (χ2n) is 4.54. The lowest BCUT2D eigenvalue weighted by molar-refractivity contribution is 0.577. The number of thioether (sulfide) groups is 1. The number of aromatic nitrogens is 1. The van der Waals surface area contributed by atoms with Gasteiger partial charge in [-0.3, -0.25) is 0 Å². The number of anilines is 1. The van der Waals surface area contributed by atoms with E-state index < -0.39 is 0 Å². The van der Waals surface area contributed by atoms with Gasteiger partial charge in [-0.2, -0.15) is 11.8 Å². The first-order chi connectivity index (χ1) is 8.69. The molecule has 0 fully saturated rings. The first-order valence-electron chi connectivity index (χ1n) is 6.74. The van der Waals surface area contributed by atoms with Crippen LogP contribution < -0.4 is 11.1 Å². The van der Waals surface area contributed by atoms with Crippen molar-refractivity contribution < 1.29 is 0 Å². The van der Waals surface area contributed by atoms with E-state index in [0.717, 1.165) is 24.3 Å². The lowest BCUT2D eigenvalue weighted by Crippen LogP contribution is -2.26. The van der Waals surface area contributed by atoms with Gasteiger partial charge in [0.05, 0.1) is 0 Å². The van der Waals surface area contributed by atoms with Crippen LogP contribution in [0.5, 0.6) is 0 Å². The van der Waals surface area contributed by atoms with E-state index in [4.69, 9.17) is 5.73 Å². The molecule has 0 amide bonds. The summed E-state index contributed by atoms with van der Waals surface area (Å²) < 4.78 is 0. The van der Waals surface area contributed by atoms with Crippen molar-refractivity contribution in [3.8, 4) is 0 Å². The topological polar surface area (TPSA) is 50.9 Å². The number of nitrogens with zero attached hydrogens (tertiary/aromatic N) is 1. The minimum Gasteiger partial charge on any atom is -0.383 e. The lowest BCUT2D eigenvalue weighted by atomic mass is 10.1. The van der Waals surface area contributed by atoms with Crippen LogP contribution in [0.25, 0.3) is 0 Å². The Morgan fingerprint density at radius 1 is 1.44 bits per heavy atom. The Morgan fingerprint density at radius 2 is 2.22 bits per heavy atom. The van der Waals surface area contributed by atoms with Crippen LogP contribution in [0.4, 0.5) is 5.82 Å². The number of hydrogen-bond donors (Lipinski definition) is 2. The molecular weight excluding hydrogens is 242 g/mol. The molecule has 102 valence electrons. The van der Waals surface area contributed by atoms with Gasteiger partial charge in [0.25, 0.3) is 0 Å². The predicted octanol–water partition coefficient (Wildman–Crippen LogP) is 3.24. The number of rotatable bonds is 8. The highest BCUT2D eigenvalue weighted by atomic mass is 32.2. The molecule has 0 aromatic carbocycles. The zero-order chi connectivity index (χ0) is 13.4. The molecule has 2 atom stereocenters. The summed E-state index contributed by atoms with van der Waals surface area (Å²) in [6.45, 7) is 7.69. The van der Waals surface area contributed by atoms with Crippen LogP contribution in [-0.2, 0) is 0 Å². The number of nitrogen functional groups attached to an aromatic ring is 1. The van der Waals surface area contributed by atoms with E-state index in [1.54, 1.807) is 6.20 Å². The van der Waals surface area contributed by atoms with Crippen LogP contribution >= 0.6 is 11.8 Å². The van der Waals surface area contributed by atoms with Gasteiger partial charge < -0.3 is 11.1 Å². The zero-order valence-corrected chi connectivity index (χ0v) is 12.5. The van der Waals surface area contributed by atoms with E-state index in [2.05, 4.69) is 37.1 Å². The Hall–Kier alpha value is -0.740. The molecule has 0 aliphatic carbocycles. The quantitative estimate of drug-likeness (QED) is 0.759. The summed E-state index contributed by atoms with van der Waals surface area (Å²) in [4.78, 5) is 4.18. The van der Waals surface area contributed by atoms with Crippen LogP contribution in [-0.4, -0.2) is 22.5 Å². The minimum atomic E-state index is 0.303. The highest BCUT2D eigenvalue weighted by molar-refractivity contribution is 7.99. The smallest absolute Gasteiger partial charge is 0.128 e. The molecule has 4 heteroatoms. The fraction of sp³-hybridized carbons (Fsp3) is 0.643. The third-order valence-electron chi connectivity index (χ3n) is 3.01. The van der Waals surface area contributed by atoms with Crippen molar-refractivity contribution >= 4 is 17.6 Å². The molecule has 1 aromatic rings. The number of nitrogens with one attached hydrogen (secondary N) is 1. The Morgan fingerprint density at radius 3 is 2.83 bits per heavy atom. The molecular formula is C14H25N3S. The summed E-state index contributed by atoms with van der Waals surface area (Å²) in [5.41, 5.74) is 7.10. The summed E-state index contributed by atoms with van der Waals surface area (Å²) in [7, 11) is 0. The molecule has 2 unspecified atom stereocenters. The first kappa shape index (κ1) is 15.3. The third-order valence-corrected chi connectivity index (χ3v) is 4.44. The standard InChI is InChI=1S/C14H25N3S/c1-4-8-16-13(10-18-11(3)5-2)12-7-6-9-17-14(12)15/h6-7,9,11,13,16H,4-5,8,10H2,1-3H3,(H2,15,17). The van der Waals surface area contributed by atoms with Gasteiger partial charge in [0.1, 0.15) is 5.82 Å². The molecule has 0 saturated carbocycles. The molecule has 0 saturated heterocycles. The normalized spacial score (nSPS) is 14.4. The zero-order valence-electron chi connectivity index (χ0n) is 11.6. The van der Waals surface area contributed by atoms with Gasteiger partial charge in [0.15, 0.2) is 0 Å². The van der Waals surface area contributed by atoms with Gasteiger partial charge in [-0.05, 0) is 25.5 Å². The van der Waals surface area contributed by atoms with Crippen molar-refractivity contribution in [2.75, 3.05) is 18.0 Å². The Kier molecular flexibility index (Phi) is 7.13. The van der Waals surface area contributed by atoms with Crippen LogP contribution in [0.2, 0.25) is 0 Å². The van der Waals surface area contributed by atoms with E-state index in [1.807, 2.05) is 17.8 Å². The third kappa shape index (κ3) is 4.86. The van der Waals surface area contributed by atoms with Crippen LogP contribution in [0.1, 0.15) is 45.2 Å². The van der Waals surface area contributed by atoms with Crippen molar-refractivity contribution in [1.29, 1.82) is 0 Å². The fourth-order valence-electron chi connectivity index (χ4n) is 1.68. The Bertz CT molecular complexity index is 344. The largest absolute Gasteiger partial charge is 0.383 e. The van der Waals surface area contributed by atoms with Gasteiger partial charge >= 0.3 is 0 Å². The molecule has 0 bridgehead atoms. The average molecular weight is 267 g/mol. The number of nitrogens with two attached hydrogens (primary N) is 1. The maximum atomic E-state index is 5.97. The van der Waals surface area contributed by atoms with E-state index in [-0.39, 0.29) is 0 Å². The van der Waals surface area contributed by atoms with Crippen molar-refractivity contribution in [1.82, 2.24) is 10.3 Å². The second-order valence-corrected chi connectivity index (χ2v) is 6.01. The number of pyridine rings is 1. The summed E-state index contributed by atoms with van der Waals surface area (Å²) in [5, 5.41) is 4.25. The van der Waals surface area contributed by atoms with Gasteiger partial charge in [-0.15, -0.1) is 0 Å². The fourth-order valence-corrected chi connectivity index (χ4v) is 2.73. The van der Waals surface area contributed by atoms with Crippen LogP contribution in [0.3, 0.4) is 0 Å². The van der Waals surface area contributed by atoms with Crippen LogP contribution in [0, 0.1) is 0 Å². The van der Waals surface area contributed by atoms with Gasteiger partial charge in [-0.1, -0.05) is 26.8 Å². The minimum absolute atomic E-state index is 0.303. The lowest BCUT2D eigenvalue weighted by Gasteiger charge is -2.21. The molecule has 0 aliphatic rings. The molecule has 0 spiro atoms. The Labute approximate surface area is 115 Å². The average Bonchev–Trinajstić information content (AvgIpc) is 2.39. The van der Waals surface area contributed by atoms with E-state index in [1.165, 1.54) is 6.42 Å². The summed E-state index contributed by atoms with van der Waals surface area (Å²) in [6.07, 6.45) is 4.08. The van der Waals surface area contributed by atoms with Crippen molar-refractivity contribution in [3.63, 3.8) is 0 Å². The molecule has 0 radical (unpaired) electrons. The van der Waals surface area contributed by atoms with Crippen molar-refractivity contribution in [2.45, 2.75) is 44.9 Å². The first-order valence-corrected chi connectivity index (χ1v) is 7.79. The molecule has 1 rings (SSSR count). The Balaban J connectivity index is 2.68. The molecule has 0 aliphatic heterocycles. The predicted molar refractivity (Wildman–Crippen MR) is 81.9 cm³/mol. The molecule has 3 N–H and O–H groups in total. The van der Waals surface area contributed by atoms with E-state index >= 15 is 0 Å². The highest BCUT2D eigenvalue weighted by Crippen LogP contribution is 2.25. The van der Waals surface area contributed by atoms with Crippen LogP contribution in [0.15, 0.2) is 18.3 Å². The summed E-state index contributed by atoms with van der Waals surface area (Å²) in [6, 6.07) is 4.34. The van der Waals surface area contributed by atoms with Gasteiger partial charge in [-0.25, -0.2) is 4.98 Å². The van der Waals surface area contributed by atoms with Crippen molar-refractivity contribution in [3.05, 3.63) is 23.9 Å². The summed E-state index contributed by atoms with van der Waals surface area (Å²) in [5.74, 6) is 1.70. The number of hydrogen-bond acceptors (Lipinski definition) is 4. The monoisotopic (exact) mass is 267 g/mol. The van der Waals surface area contributed by atoms with E-state index in [9.17, 15) is 0 Å². The highest BCUT2D eigenvalue weighted by Gasteiger charge is 2.15. The molecule has 1 aromatic heterocycles. The SMILES string of the molecule is CCCNC(CSC(C)CC)c1cccnc1N. The van der Waals surface area contributed by atoms with Gasteiger partial charge in [0, 0.05) is 28.8 Å². The van der Waals surface area contributed by atoms with E-state index in [0.29, 0.717) is 17.1 Å².